The minimum atomic E-state index is -0.637. The Morgan fingerprint density at radius 2 is 2.16 bits per heavy atom. The quantitative estimate of drug-likeness (QED) is 0.713. The number of carbonyl (C=O) groups excluding carboxylic acids is 2. The van der Waals surface area contributed by atoms with Gasteiger partial charge in [0.2, 0.25) is 11.8 Å². The number of nitrogens with one attached hydrogen (secondary N) is 3. The van der Waals surface area contributed by atoms with E-state index in [1.165, 1.54) is 6.92 Å². The largest absolute Gasteiger partial charge is 0.356 e. The predicted octanol–water partition coefficient (Wildman–Crippen LogP) is 1.02. The highest BCUT2D eigenvalue weighted by molar-refractivity contribution is 5.92. The fourth-order valence-corrected chi connectivity index (χ4v) is 2.62. The van der Waals surface area contributed by atoms with Gasteiger partial charge < -0.3 is 15.6 Å². The van der Waals surface area contributed by atoms with Gasteiger partial charge in [-0.3, -0.25) is 9.59 Å². The van der Waals surface area contributed by atoms with E-state index in [4.69, 9.17) is 0 Å². The Bertz CT molecular complexity index is 660. The van der Waals surface area contributed by atoms with Crippen LogP contribution in [0.5, 0.6) is 0 Å². The van der Waals surface area contributed by atoms with E-state index in [1.807, 2.05) is 24.3 Å². The number of para-hydroxylation sites is 1. The van der Waals surface area contributed by atoms with E-state index in [1.54, 1.807) is 0 Å². The van der Waals surface area contributed by atoms with E-state index >= 15 is 0 Å². The number of benzene rings is 1. The second-order valence-corrected chi connectivity index (χ2v) is 4.74. The van der Waals surface area contributed by atoms with E-state index in [0.717, 1.165) is 28.6 Å². The molecule has 2 amide bonds. The SMILES string of the molecule is CC(=O)NC1C(=O)NCCc2c1[nH]c1ccccc21. The van der Waals surface area contributed by atoms with E-state index in [-0.39, 0.29) is 11.8 Å². The molecular formula is C14H15N3O2. The molecule has 0 bridgehead atoms. The maximum atomic E-state index is 12.0. The maximum absolute atomic E-state index is 12.0. The molecule has 1 unspecified atom stereocenters. The highest BCUT2D eigenvalue weighted by Gasteiger charge is 2.29. The van der Waals surface area contributed by atoms with Crippen LogP contribution in [0.1, 0.15) is 24.2 Å². The fourth-order valence-electron chi connectivity index (χ4n) is 2.62. The van der Waals surface area contributed by atoms with Gasteiger partial charge in [0, 0.05) is 24.4 Å². The van der Waals surface area contributed by atoms with Crippen molar-refractivity contribution in [3.8, 4) is 0 Å². The molecule has 1 atom stereocenters. The summed E-state index contributed by atoms with van der Waals surface area (Å²) >= 11 is 0. The van der Waals surface area contributed by atoms with Crippen LogP contribution in [0.4, 0.5) is 0 Å². The number of rotatable bonds is 1. The zero-order valence-electron chi connectivity index (χ0n) is 10.6. The van der Waals surface area contributed by atoms with Crippen molar-refractivity contribution < 1.29 is 9.59 Å². The molecule has 0 saturated carbocycles. The lowest BCUT2D eigenvalue weighted by atomic mass is 10.0. The van der Waals surface area contributed by atoms with Gasteiger partial charge in [0.05, 0.1) is 5.69 Å². The lowest BCUT2D eigenvalue weighted by molar-refractivity contribution is -0.128. The Labute approximate surface area is 110 Å². The molecule has 0 radical (unpaired) electrons. The van der Waals surface area contributed by atoms with Crippen molar-refractivity contribution in [1.82, 2.24) is 15.6 Å². The number of aromatic amines is 1. The van der Waals surface area contributed by atoms with Crippen LogP contribution in [0, 0.1) is 0 Å². The summed E-state index contributed by atoms with van der Waals surface area (Å²) in [5.41, 5.74) is 2.90. The first-order chi connectivity index (χ1) is 9.16. The van der Waals surface area contributed by atoms with Crippen molar-refractivity contribution in [2.75, 3.05) is 6.54 Å². The normalized spacial score (nSPS) is 18.6. The van der Waals surface area contributed by atoms with Gasteiger partial charge in [-0.2, -0.15) is 0 Å². The second kappa shape index (κ2) is 4.42. The predicted molar refractivity (Wildman–Crippen MR) is 71.6 cm³/mol. The number of hydrogen-bond acceptors (Lipinski definition) is 2. The molecule has 2 aromatic rings. The van der Waals surface area contributed by atoms with Crippen molar-refractivity contribution in [2.24, 2.45) is 0 Å². The molecule has 1 aromatic heterocycles. The number of amides is 2. The second-order valence-electron chi connectivity index (χ2n) is 4.74. The topological polar surface area (TPSA) is 74.0 Å². The third-order valence-corrected chi connectivity index (χ3v) is 3.42. The summed E-state index contributed by atoms with van der Waals surface area (Å²) in [6.07, 6.45) is 0.765. The molecule has 3 N–H and O–H groups in total. The van der Waals surface area contributed by atoms with Gasteiger partial charge >= 0.3 is 0 Å². The standard InChI is InChI=1S/C14H15N3O2/c1-8(18)16-13-12-10(6-7-15-14(13)19)9-4-2-3-5-11(9)17-12/h2-5,13,17H,6-7H2,1H3,(H,15,19)(H,16,18). The third kappa shape index (κ3) is 1.97. The molecule has 3 rings (SSSR count). The minimum Gasteiger partial charge on any atom is -0.356 e. The first kappa shape index (κ1) is 11.8. The Hall–Kier alpha value is -2.30. The number of aromatic nitrogens is 1. The first-order valence-electron chi connectivity index (χ1n) is 6.31. The smallest absolute Gasteiger partial charge is 0.248 e. The average molecular weight is 257 g/mol. The van der Waals surface area contributed by atoms with Crippen molar-refractivity contribution in [1.29, 1.82) is 0 Å². The highest BCUT2D eigenvalue weighted by atomic mass is 16.2. The minimum absolute atomic E-state index is 0.166. The van der Waals surface area contributed by atoms with Gasteiger partial charge in [-0.25, -0.2) is 0 Å². The summed E-state index contributed by atoms with van der Waals surface area (Å²) in [5.74, 6) is -0.382. The summed E-state index contributed by atoms with van der Waals surface area (Å²) in [6.45, 7) is 2.00. The van der Waals surface area contributed by atoms with Crippen LogP contribution < -0.4 is 10.6 Å². The van der Waals surface area contributed by atoms with Crippen LogP contribution in [0.2, 0.25) is 0 Å². The number of hydrogen-bond donors (Lipinski definition) is 3. The highest BCUT2D eigenvalue weighted by Crippen LogP contribution is 2.28. The molecule has 0 spiro atoms. The van der Waals surface area contributed by atoms with Gasteiger partial charge in [0.25, 0.3) is 0 Å². The lowest BCUT2D eigenvalue weighted by Crippen LogP contribution is -2.38. The first-order valence-corrected chi connectivity index (χ1v) is 6.31. The Balaban J connectivity index is 2.17. The molecule has 5 heteroatoms. The molecule has 0 aliphatic carbocycles. The van der Waals surface area contributed by atoms with Crippen molar-refractivity contribution in [2.45, 2.75) is 19.4 Å². The van der Waals surface area contributed by atoms with Crippen LogP contribution in [-0.2, 0) is 16.0 Å². The van der Waals surface area contributed by atoms with Gasteiger partial charge in [0.1, 0.15) is 6.04 Å². The lowest BCUT2D eigenvalue weighted by Gasteiger charge is -2.14. The van der Waals surface area contributed by atoms with Crippen LogP contribution in [0.25, 0.3) is 10.9 Å². The van der Waals surface area contributed by atoms with Crippen LogP contribution in [0.15, 0.2) is 24.3 Å². The molecule has 1 aliphatic heterocycles. The van der Waals surface area contributed by atoms with Gasteiger partial charge in [-0.05, 0) is 18.1 Å². The van der Waals surface area contributed by atoms with Gasteiger partial charge in [0.15, 0.2) is 0 Å². The van der Waals surface area contributed by atoms with E-state index in [9.17, 15) is 9.59 Å². The summed E-state index contributed by atoms with van der Waals surface area (Å²) in [5, 5.41) is 6.65. The molecular weight excluding hydrogens is 242 g/mol. The molecule has 1 aromatic carbocycles. The summed E-state index contributed by atoms with van der Waals surface area (Å²) in [6, 6.07) is 7.30. The fraction of sp³-hybridized carbons (Fsp3) is 0.286. The van der Waals surface area contributed by atoms with Gasteiger partial charge in [-0.15, -0.1) is 0 Å². The van der Waals surface area contributed by atoms with E-state index in [0.29, 0.717) is 6.54 Å². The number of fused-ring (bicyclic) bond motifs is 3. The number of carbonyl (C=O) groups is 2. The zero-order valence-corrected chi connectivity index (χ0v) is 10.6. The van der Waals surface area contributed by atoms with Crippen LogP contribution in [-0.4, -0.2) is 23.3 Å². The zero-order chi connectivity index (χ0) is 13.4. The molecule has 0 saturated heterocycles. The molecule has 19 heavy (non-hydrogen) atoms. The number of H-pyrrole nitrogens is 1. The molecule has 5 nitrogen and oxygen atoms in total. The van der Waals surface area contributed by atoms with Crippen molar-refractivity contribution in [3.05, 3.63) is 35.5 Å². The summed E-state index contributed by atoms with van der Waals surface area (Å²) in [7, 11) is 0. The molecule has 98 valence electrons. The summed E-state index contributed by atoms with van der Waals surface area (Å²) < 4.78 is 0. The molecule has 0 fully saturated rings. The third-order valence-electron chi connectivity index (χ3n) is 3.42. The average Bonchev–Trinajstić information content (AvgIpc) is 2.67. The van der Waals surface area contributed by atoms with Crippen LogP contribution >= 0.6 is 0 Å². The van der Waals surface area contributed by atoms with E-state index < -0.39 is 6.04 Å². The Morgan fingerprint density at radius 3 is 2.95 bits per heavy atom. The molecule has 1 aliphatic rings. The van der Waals surface area contributed by atoms with Gasteiger partial charge in [-0.1, -0.05) is 18.2 Å². The van der Waals surface area contributed by atoms with E-state index in [2.05, 4.69) is 15.6 Å². The van der Waals surface area contributed by atoms with Crippen LogP contribution in [0.3, 0.4) is 0 Å². The Morgan fingerprint density at radius 1 is 1.37 bits per heavy atom. The van der Waals surface area contributed by atoms with Crippen molar-refractivity contribution >= 4 is 22.7 Å². The maximum Gasteiger partial charge on any atom is 0.248 e. The van der Waals surface area contributed by atoms with Crippen molar-refractivity contribution in [3.63, 3.8) is 0 Å². The molecule has 2 heterocycles. The Kier molecular flexibility index (Phi) is 2.74. The summed E-state index contributed by atoms with van der Waals surface area (Å²) in [4.78, 5) is 26.6. The monoisotopic (exact) mass is 257 g/mol.